The summed E-state index contributed by atoms with van der Waals surface area (Å²) in [6, 6.07) is 0.533. The van der Waals surface area contributed by atoms with Crippen molar-refractivity contribution in [1.82, 2.24) is 15.5 Å². The van der Waals surface area contributed by atoms with E-state index in [1.54, 1.807) is 4.90 Å². The van der Waals surface area contributed by atoms with E-state index >= 15 is 0 Å². The molecule has 5 nitrogen and oxygen atoms in total. The summed E-state index contributed by atoms with van der Waals surface area (Å²) in [5.74, 6) is 0. The Balaban J connectivity index is 2.25. The van der Waals surface area contributed by atoms with Crippen molar-refractivity contribution in [1.29, 1.82) is 0 Å². The Bertz CT molecular complexity index is 270. The molecule has 0 aromatic rings. The van der Waals surface area contributed by atoms with E-state index in [1.165, 1.54) is 12.8 Å². The monoisotopic (exact) mass is 271 g/mol. The molecule has 2 N–H and O–H groups in total. The van der Waals surface area contributed by atoms with Crippen LogP contribution in [0.2, 0.25) is 0 Å². The summed E-state index contributed by atoms with van der Waals surface area (Å²) in [5.41, 5.74) is -0.425. The number of piperidine rings is 1. The summed E-state index contributed by atoms with van der Waals surface area (Å²) in [4.78, 5) is 13.7. The molecule has 1 saturated heterocycles. The van der Waals surface area contributed by atoms with Crippen LogP contribution in [0.5, 0.6) is 0 Å². The lowest BCUT2D eigenvalue weighted by molar-refractivity contribution is 0.0260. The van der Waals surface area contributed by atoms with Gasteiger partial charge in [-0.1, -0.05) is 0 Å². The van der Waals surface area contributed by atoms with Crippen LogP contribution in [-0.4, -0.2) is 55.4 Å². The summed E-state index contributed by atoms with van der Waals surface area (Å²) in [6.07, 6.45) is 2.21. The zero-order valence-corrected chi connectivity index (χ0v) is 12.8. The first-order valence-corrected chi connectivity index (χ1v) is 7.34. The van der Waals surface area contributed by atoms with E-state index in [9.17, 15) is 4.79 Å². The van der Waals surface area contributed by atoms with Gasteiger partial charge in [-0.3, -0.25) is 0 Å². The van der Waals surface area contributed by atoms with Gasteiger partial charge in [0.05, 0.1) is 0 Å². The maximum atomic E-state index is 11.9. The minimum atomic E-state index is -0.425. The highest BCUT2D eigenvalue weighted by Crippen LogP contribution is 2.09. The molecule has 19 heavy (non-hydrogen) atoms. The molecule has 0 radical (unpaired) electrons. The number of amides is 1. The van der Waals surface area contributed by atoms with Gasteiger partial charge >= 0.3 is 6.09 Å². The normalized spacial score (nSPS) is 20.1. The Morgan fingerprint density at radius 2 is 2.21 bits per heavy atom. The first-order chi connectivity index (χ1) is 8.92. The van der Waals surface area contributed by atoms with Gasteiger partial charge < -0.3 is 20.3 Å². The third-order valence-corrected chi connectivity index (χ3v) is 3.15. The molecule has 1 aliphatic heterocycles. The molecule has 0 bridgehead atoms. The number of hydrogen-bond acceptors (Lipinski definition) is 4. The fourth-order valence-electron chi connectivity index (χ4n) is 2.13. The quantitative estimate of drug-likeness (QED) is 0.797. The van der Waals surface area contributed by atoms with Crippen molar-refractivity contribution in [2.75, 3.05) is 32.7 Å². The van der Waals surface area contributed by atoms with Crippen molar-refractivity contribution >= 4 is 6.09 Å². The summed E-state index contributed by atoms with van der Waals surface area (Å²) < 4.78 is 5.38. The first-order valence-electron chi connectivity index (χ1n) is 7.34. The van der Waals surface area contributed by atoms with Gasteiger partial charge in [-0.2, -0.15) is 0 Å². The molecule has 1 rings (SSSR count). The highest BCUT2D eigenvalue weighted by molar-refractivity contribution is 5.68. The smallest absolute Gasteiger partial charge is 0.410 e. The topological polar surface area (TPSA) is 53.6 Å². The third kappa shape index (κ3) is 6.78. The first kappa shape index (κ1) is 16.2. The van der Waals surface area contributed by atoms with E-state index < -0.39 is 5.60 Å². The molecular weight excluding hydrogens is 242 g/mol. The Hall–Kier alpha value is -0.810. The zero-order valence-electron chi connectivity index (χ0n) is 12.8. The molecule has 1 atom stereocenters. The maximum absolute atomic E-state index is 11.9. The van der Waals surface area contributed by atoms with Gasteiger partial charge in [-0.25, -0.2) is 4.79 Å². The number of carbonyl (C=O) groups excluding carboxylic acids is 1. The predicted molar refractivity (Wildman–Crippen MR) is 77.4 cm³/mol. The van der Waals surface area contributed by atoms with Crippen LogP contribution in [0.25, 0.3) is 0 Å². The van der Waals surface area contributed by atoms with Crippen LogP contribution in [0.4, 0.5) is 4.79 Å². The summed E-state index contributed by atoms with van der Waals surface area (Å²) in [6.45, 7) is 12.0. The number of ether oxygens (including phenoxy) is 1. The second-order valence-corrected chi connectivity index (χ2v) is 6.06. The molecule has 0 spiro atoms. The van der Waals surface area contributed by atoms with Crippen molar-refractivity contribution in [3.05, 3.63) is 0 Å². The summed E-state index contributed by atoms with van der Waals surface area (Å²) in [5, 5.41) is 6.87. The molecule has 1 heterocycles. The van der Waals surface area contributed by atoms with Crippen molar-refractivity contribution in [3.8, 4) is 0 Å². The van der Waals surface area contributed by atoms with Crippen LogP contribution in [-0.2, 0) is 4.74 Å². The molecule has 0 saturated carbocycles. The highest BCUT2D eigenvalue weighted by Gasteiger charge is 2.21. The fourth-order valence-corrected chi connectivity index (χ4v) is 2.13. The van der Waals surface area contributed by atoms with Crippen LogP contribution >= 0.6 is 0 Å². The van der Waals surface area contributed by atoms with Gasteiger partial charge in [0.1, 0.15) is 5.60 Å². The Kier molecular flexibility index (Phi) is 6.58. The Labute approximate surface area is 117 Å². The van der Waals surface area contributed by atoms with Crippen LogP contribution in [0.15, 0.2) is 0 Å². The van der Waals surface area contributed by atoms with Crippen molar-refractivity contribution < 1.29 is 9.53 Å². The standard InChI is InChI=1S/C14H29N3O2/c1-5-17(13(18)19-14(2,3)4)10-9-16-12-7-6-8-15-11-12/h12,15-16H,5-11H2,1-4H3. The Morgan fingerprint density at radius 1 is 1.47 bits per heavy atom. The van der Waals surface area contributed by atoms with Gasteiger partial charge in [0.25, 0.3) is 0 Å². The number of nitrogens with one attached hydrogen (secondary N) is 2. The minimum Gasteiger partial charge on any atom is -0.444 e. The van der Waals surface area contributed by atoms with E-state index in [4.69, 9.17) is 4.74 Å². The number of hydrogen-bond donors (Lipinski definition) is 2. The molecule has 1 unspecified atom stereocenters. The van der Waals surface area contributed by atoms with E-state index in [1.807, 2.05) is 27.7 Å². The fraction of sp³-hybridized carbons (Fsp3) is 0.929. The molecule has 5 heteroatoms. The van der Waals surface area contributed by atoms with E-state index in [0.717, 1.165) is 19.6 Å². The summed E-state index contributed by atoms with van der Waals surface area (Å²) in [7, 11) is 0. The van der Waals surface area contributed by atoms with Gasteiger partial charge in [0.2, 0.25) is 0 Å². The van der Waals surface area contributed by atoms with Gasteiger partial charge in [0, 0.05) is 32.2 Å². The van der Waals surface area contributed by atoms with Crippen molar-refractivity contribution in [3.63, 3.8) is 0 Å². The Morgan fingerprint density at radius 3 is 2.74 bits per heavy atom. The number of nitrogens with zero attached hydrogens (tertiary/aromatic N) is 1. The molecule has 0 aromatic carbocycles. The van der Waals surface area contributed by atoms with Crippen molar-refractivity contribution in [2.24, 2.45) is 0 Å². The molecule has 112 valence electrons. The number of likely N-dealkylation sites (N-methyl/N-ethyl adjacent to an activating group) is 1. The molecule has 1 fully saturated rings. The van der Waals surface area contributed by atoms with Gasteiger partial charge in [0.15, 0.2) is 0 Å². The number of rotatable bonds is 5. The van der Waals surface area contributed by atoms with Crippen molar-refractivity contribution in [2.45, 2.75) is 52.2 Å². The maximum Gasteiger partial charge on any atom is 0.410 e. The molecular formula is C14H29N3O2. The second-order valence-electron chi connectivity index (χ2n) is 6.06. The van der Waals surface area contributed by atoms with E-state index in [0.29, 0.717) is 19.1 Å². The zero-order chi connectivity index (χ0) is 14.3. The largest absolute Gasteiger partial charge is 0.444 e. The van der Waals surface area contributed by atoms with Crippen LogP contribution in [0.1, 0.15) is 40.5 Å². The van der Waals surface area contributed by atoms with Crippen LogP contribution < -0.4 is 10.6 Å². The highest BCUT2D eigenvalue weighted by atomic mass is 16.6. The second kappa shape index (κ2) is 7.70. The van der Waals surface area contributed by atoms with E-state index in [-0.39, 0.29) is 6.09 Å². The molecule has 0 aliphatic carbocycles. The average molecular weight is 271 g/mol. The SMILES string of the molecule is CCN(CCNC1CCCNC1)C(=O)OC(C)(C)C. The molecule has 0 aromatic heterocycles. The van der Waals surface area contributed by atoms with E-state index in [2.05, 4.69) is 10.6 Å². The molecule has 1 amide bonds. The lowest BCUT2D eigenvalue weighted by atomic mass is 10.1. The lowest BCUT2D eigenvalue weighted by Gasteiger charge is -2.28. The van der Waals surface area contributed by atoms with Gasteiger partial charge in [-0.05, 0) is 47.1 Å². The molecule has 1 aliphatic rings. The predicted octanol–water partition coefficient (Wildman–Crippen LogP) is 1.58. The third-order valence-electron chi connectivity index (χ3n) is 3.15. The summed E-state index contributed by atoms with van der Waals surface area (Å²) >= 11 is 0. The van der Waals surface area contributed by atoms with Crippen LogP contribution in [0, 0.1) is 0 Å². The van der Waals surface area contributed by atoms with Crippen LogP contribution in [0.3, 0.4) is 0 Å². The minimum absolute atomic E-state index is 0.224. The van der Waals surface area contributed by atoms with Gasteiger partial charge in [-0.15, -0.1) is 0 Å². The lowest BCUT2D eigenvalue weighted by Crippen LogP contribution is -2.46. The average Bonchev–Trinajstić information content (AvgIpc) is 2.33. The number of carbonyl (C=O) groups is 1.